The van der Waals surface area contributed by atoms with Gasteiger partial charge in [-0.2, -0.15) is 0 Å². The molecule has 0 saturated carbocycles. The summed E-state index contributed by atoms with van der Waals surface area (Å²) in [5.41, 5.74) is 2.02. The zero-order valence-electron chi connectivity index (χ0n) is 13.0. The van der Waals surface area contributed by atoms with Gasteiger partial charge in [0, 0.05) is 12.6 Å². The van der Waals surface area contributed by atoms with Crippen molar-refractivity contribution in [3.8, 4) is 5.75 Å². The van der Waals surface area contributed by atoms with Crippen molar-refractivity contribution < 1.29 is 9.53 Å². The Balaban J connectivity index is 1.87. The van der Waals surface area contributed by atoms with Gasteiger partial charge >= 0.3 is 0 Å². The van der Waals surface area contributed by atoms with Crippen molar-refractivity contribution in [2.75, 3.05) is 0 Å². The van der Waals surface area contributed by atoms with Crippen LogP contribution in [0.25, 0.3) is 6.08 Å². The number of hydrogen-bond acceptors (Lipinski definition) is 2. The van der Waals surface area contributed by atoms with Gasteiger partial charge < -0.3 is 10.1 Å². The highest BCUT2D eigenvalue weighted by Gasteiger charge is 2.01. The Morgan fingerprint density at radius 1 is 1.14 bits per heavy atom. The largest absolute Gasteiger partial charge is 0.491 e. The zero-order valence-corrected chi connectivity index (χ0v) is 13.0. The number of rotatable bonds is 6. The smallest absolute Gasteiger partial charge is 0.244 e. The molecule has 0 unspecified atom stereocenters. The van der Waals surface area contributed by atoms with Gasteiger partial charge in [-0.1, -0.05) is 42.5 Å². The summed E-state index contributed by atoms with van der Waals surface area (Å²) in [5.74, 6) is 0.709. The van der Waals surface area contributed by atoms with E-state index < -0.39 is 0 Å². The Kier molecular flexibility index (Phi) is 5.78. The molecule has 0 aliphatic carbocycles. The molecule has 0 atom stereocenters. The van der Waals surface area contributed by atoms with Crippen molar-refractivity contribution in [1.29, 1.82) is 0 Å². The lowest BCUT2D eigenvalue weighted by Crippen LogP contribution is -2.20. The molecule has 1 amide bonds. The number of benzene rings is 2. The van der Waals surface area contributed by atoms with Crippen LogP contribution in [-0.2, 0) is 11.3 Å². The Hall–Kier alpha value is -2.55. The summed E-state index contributed by atoms with van der Waals surface area (Å²) in [6.45, 7) is 4.46. The molecule has 0 aromatic heterocycles. The number of hydrogen-bond donors (Lipinski definition) is 1. The molecule has 1 N–H and O–H groups in total. The predicted octanol–water partition coefficient (Wildman–Crippen LogP) is 3.80. The quantitative estimate of drug-likeness (QED) is 0.823. The predicted molar refractivity (Wildman–Crippen MR) is 89.5 cm³/mol. The number of carbonyl (C=O) groups excluding carboxylic acids is 1. The fraction of sp³-hybridized carbons (Fsp3) is 0.211. The fourth-order valence-electron chi connectivity index (χ4n) is 1.99. The molecule has 3 heteroatoms. The first kappa shape index (κ1) is 15.8. The van der Waals surface area contributed by atoms with Gasteiger partial charge in [0.25, 0.3) is 0 Å². The monoisotopic (exact) mass is 295 g/mol. The first-order valence-corrected chi connectivity index (χ1v) is 7.40. The molecular weight excluding hydrogens is 274 g/mol. The summed E-state index contributed by atoms with van der Waals surface area (Å²) in [5, 5.41) is 2.87. The average molecular weight is 295 g/mol. The molecule has 2 aromatic carbocycles. The zero-order chi connectivity index (χ0) is 15.8. The topological polar surface area (TPSA) is 38.3 Å². The third-order valence-electron chi connectivity index (χ3n) is 2.96. The Labute approximate surface area is 131 Å². The average Bonchev–Trinajstić information content (AvgIpc) is 2.52. The molecule has 0 saturated heterocycles. The van der Waals surface area contributed by atoms with E-state index in [4.69, 9.17) is 4.74 Å². The van der Waals surface area contributed by atoms with Crippen LogP contribution >= 0.6 is 0 Å². The molecule has 2 rings (SSSR count). The Morgan fingerprint density at radius 3 is 2.64 bits per heavy atom. The summed E-state index contributed by atoms with van der Waals surface area (Å²) in [6.07, 6.45) is 3.48. The van der Waals surface area contributed by atoms with Crippen LogP contribution in [0.2, 0.25) is 0 Å². The van der Waals surface area contributed by atoms with Crippen LogP contribution in [0.3, 0.4) is 0 Å². The fourth-order valence-corrected chi connectivity index (χ4v) is 1.99. The minimum atomic E-state index is -0.112. The van der Waals surface area contributed by atoms with E-state index >= 15 is 0 Å². The lowest BCUT2D eigenvalue weighted by molar-refractivity contribution is -0.116. The van der Waals surface area contributed by atoms with Gasteiger partial charge in [0.05, 0.1) is 6.10 Å². The van der Waals surface area contributed by atoms with Gasteiger partial charge in [-0.25, -0.2) is 0 Å². The molecule has 114 valence electrons. The molecule has 0 aliphatic heterocycles. The maximum absolute atomic E-state index is 11.8. The normalized spacial score (nSPS) is 10.9. The molecule has 2 aromatic rings. The van der Waals surface area contributed by atoms with Crippen molar-refractivity contribution in [2.24, 2.45) is 0 Å². The van der Waals surface area contributed by atoms with Crippen LogP contribution in [0.1, 0.15) is 25.0 Å². The molecular formula is C19H21NO2. The second-order valence-electron chi connectivity index (χ2n) is 5.28. The van der Waals surface area contributed by atoms with E-state index in [1.807, 2.05) is 68.4 Å². The van der Waals surface area contributed by atoms with Gasteiger partial charge in [-0.05, 0) is 43.2 Å². The van der Waals surface area contributed by atoms with E-state index in [1.165, 1.54) is 0 Å². The molecule has 0 aliphatic rings. The molecule has 0 bridgehead atoms. The summed E-state index contributed by atoms with van der Waals surface area (Å²) in [6, 6.07) is 17.5. The lowest BCUT2D eigenvalue weighted by atomic mass is 10.2. The second kappa shape index (κ2) is 8.03. The Bertz CT molecular complexity index is 633. The van der Waals surface area contributed by atoms with E-state index in [1.54, 1.807) is 12.2 Å². The minimum absolute atomic E-state index is 0.112. The number of nitrogens with one attached hydrogen (secondary N) is 1. The summed E-state index contributed by atoms with van der Waals surface area (Å²) >= 11 is 0. The van der Waals surface area contributed by atoms with Gasteiger partial charge in [0.2, 0.25) is 5.91 Å². The van der Waals surface area contributed by atoms with Crippen molar-refractivity contribution in [1.82, 2.24) is 5.32 Å². The highest BCUT2D eigenvalue weighted by atomic mass is 16.5. The Morgan fingerprint density at radius 2 is 1.91 bits per heavy atom. The van der Waals surface area contributed by atoms with Crippen molar-refractivity contribution in [3.05, 3.63) is 71.8 Å². The molecule has 22 heavy (non-hydrogen) atoms. The molecule has 3 nitrogen and oxygen atoms in total. The van der Waals surface area contributed by atoms with E-state index in [0.29, 0.717) is 6.54 Å². The van der Waals surface area contributed by atoms with E-state index in [0.717, 1.165) is 16.9 Å². The van der Waals surface area contributed by atoms with E-state index in [2.05, 4.69) is 5.32 Å². The maximum atomic E-state index is 11.8. The van der Waals surface area contributed by atoms with Crippen LogP contribution in [0, 0.1) is 0 Å². The number of ether oxygens (including phenoxy) is 1. The summed E-state index contributed by atoms with van der Waals surface area (Å²) in [7, 11) is 0. The van der Waals surface area contributed by atoms with Crippen LogP contribution < -0.4 is 10.1 Å². The van der Waals surface area contributed by atoms with Gasteiger partial charge in [-0.3, -0.25) is 4.79 Å². The minimum Gasteiger partial charge on any atom is -0.491 e. The van der Waals surface area contributed by atoms with Gasteiger partial charge in [-0.15, -0.1) is 0 Å². The highest BCUT2D eigenvalue weighted by Crippen LogP contribution is 2.14. The third-order valence-corrected chi connectivity index (χ3v) is 2.96. The second-order valence-corrected chi connectivity index (χ2v) is 5.28. The maximum Gasteiger partial charge on any atom is 0.244 e. The van der Waals surface area contributed by atoms with Crippen LogP contribution in [0.4, 0.5) is 0 Å². The van der Waals surface area contributed by atoms with Crippen LogP contribution in [0.5, 0.6) is 5.75 Å². The number of amides is 1. The van der Waals surface area contributed by atoms with Crippen molar-refractivity contribution in [3.63, 3.8) is 0 Å². The van der Waals surface area contributed by atoms with E-state index in [9.17, 15) is 4.79 Å². The molecule has 0 radical (unpaired) electrons. The van der Waals surface area contributed by atoms with Crippen LogP contribution in [0.15, 0.2) is 60.7 Å². The summed E-state index contributed by atoms with van der Waals surface area (Å²) in [4.78, 5) is 11.8. The van der Waals surface area contributed by atoms with Crippen LogP contribution in [-0.4, -0.2) is 12.0 Å². The number of carbonyl (C=O) groups is 1. The third kappa shape index (κ3) is 5.44. The highest BCUT2D eigenvalue weighted by molar-refractivity contribution is 5.91. The van der Waals surface area contributed by atoms with Gasteiger partial charge in [0.15, 0.2) is 0 Å². The van der Waals surface area contributed by atoms with Crippen molar-refractivity contribution >= 4 is 12.0 Å². The van der Waals surface area contributed by atoms with Gasteiger partial charge in [0.1, 0.15) is 5.75 Å². The molecule has 0 spiro atoms. The standard InChI is InChI=1S/C19H21NO2/c1-15(2)22-18-10-6-9-17(13-18)14-20-19(21)12-11-16-7-4-3-5-8-16/h3-13,15H,14H2,1-2H3,(H,20,21)/b12-11+. The molecule has 0 heterocycles. The molecule has 0 fully saturated rings. The van der Waals surface area contributed by atoms with Crippen molar-refractivity contribution in [2.45, 2.75) is 26.5 Å². The summed E-state index contributed by atoms with van der Waals surface area (Å²) < 4.78 is 5.64. The lowest BCUT2D eigenvalue weighted by Gasteiger charge is -2.11. The first-order chi connectivity index (χ1) is 10.6. The SMILES string of the molecule is CC(C)Oc1cccc(CNC(=O)/C=C/c2ccccc2)c1. The van der Waals surface area contributed by atoms with E-state index in [-0.39, 0.29) is 12.0 Å². The first-order valence-electron chi connectivity index (χ1n) is 7.40.